The highest BCUT2D eigenvalue weighted by Crippen LogP contribution is 2.30. The van der Waals surface area contributed by atoms with Crippen LogP contribution < -0.4 is 0 Å². The number of methoxy groups -OCH3 is 1. The Kier molecular flexibility index (Phi) is 8.63. The second kappa shape index (κ2) is 12.3. The minimum atomic E-state index is -1.37. The molecule has 9 heteroatoms. The highest BCUT2D eigenvalue weighted by Gasteiger charge is 2.52. The summed E-state index contributed by atoms with van der Waals surface area (Å²) in [6.07, 6.45) is -6.40. The summed E-state index contributed by atoms with van der Waals surface area (Å²) in [5.41, 5.74) is 0.705. The largest absolute Gasteiger partial charge is 0.452 e. The van der Waals surface area contributed by atoms with Crippen LogP contribution >= 0.6 is 0 Å². The van der Waals surface area contributed by atoms with E-state index in [4.69, 9.17) is 23.7 Å². The molecule has 4 rings (SSSR count). The van der Waals surface area contributed by atoms with Crippen LogP contribution in [0.4, 0.5) is 0 Å². The smallest absolute Gasteiger partial charge is 0.338 e. The third-order valence-corrected chi connectivity index (χ3v) is 5.76. The van der Waals surface area contributed by atoms with E-state index in [1.54, 1.807) is 91.0 Å². The lowest BCUT2D eigenvalue weighted by molar-refractivity contribution is -0.292. The summed E-state index contributed by atoms with van der Waals surface area (Å²) in [4.78, 5) is 38.9. The first-order valence-corrected chi connectivity index (χ1v) is 11.6. The summed E-state index contributed by atoms with van der Waals surface area (Å²) in [7, 11) is 1.31. The number of ether oxygens (including phenoxy) is 5. The Morgan fingerprint density at radius 1 is 0.649 bits per heavy atom. The normalized spacial score (nSPS) is 23.0. The molecule has 0 aromatic heterocycles. The number of aliphatic hydroxyl groups excluding tert-OH is 1. The number of carbonyl (C=O) groups excluding carboxylic acids is 3. The van der Waals surface area contributed by atoms with Crippen molar-refractivity contribution in [3.63, 3.8) is 0 Å². The lowest BCUT2D eigenvalue weighted by Crippen LogP contribution is -2.62. The predicted octanol–water partition coefficient (Wildman–Crippen LogP) is 3.03. The van der Waals surface area contributed by atoms with Gasteiger partial charge in [0.2, 0.25) is 0 Å². The standard InChI is InChI=1S/C28H26O9/c1-33-28-24(37-27(32)20-15-9-4-10-16-20)23(36-26(31)19-13-7-3-8-14-19)22(21(17-29)34-28)35-25(30)18-11-5-2-6-12-18/h2-16,21-24,28-29H,17H2,1H3/t21?,22-,23?,24?,28+/m0/s1. The molecule has 1 aliphatic heterocycles. The van der Waals surface area contributed by atoms with Gasteiger partial charge in [-0.2, -0.15) is 0 Å². The predicted molar refractivity (Wildman–Crippen MR) is 130 cm³/mol. The molecule has 1 fully saturated rings. The molecule has 3 unspecified atom stereocenters. The molecule has 0 radical (unpaired) electrons. The maximum Gasteiger partial charge on any atom is 0.338 e. The van der Waals surface area contributed by atoms with E-state index in [0.717, 1.165) is 0 Å². The first kappa shape index (κ1) is 26.0. The van der Waals surface area contributed by atoms with Crippen LogP contribution in [0.15, 0.2) is 91.0 Å². The minimum absolute atomic E-state index is 0.227. The number of carbonyl (C=O) groups is 3. The molecular formula is C28H26O9. The van der Waals surface area contributed by atoms with Gasteiger partial charge in [-0.15, -0.1) is 0 Å². The number of hydrogen-bond acceptors (Lipinski definition) is 9. The average molecular weight is 507 g/mol. The molecule has 9 nitrogen and oxygen atoms in total. The van der Waals surface area contributed by atoms with E-state index in [0.29, 0.717) is 0 Å². The van der Waals surface area contributed by atoms with E-state index >= 15 is 0 Å². The van der Waals surface area contributed by atoms with Crippen LogP contribution in [-0.4, -0.2) is 67.4 Å². The number of aliphatic hydroxyl groups is 1. The van der Waals surface area contributed by atoms with Gasteiger partial charge in [-0.3, -0.25) is 0 Å². The molecule has 0 aliphatic carbocycles. The van der Waals surface area contributed by atoms with E-state index in [1.807, 2.05) is 0 Å². The molecule has 1 saturated heterocycles. The first-order chi connectivity index (χ1) is 18.0. The molecule has 0 amide bonds. The second-order valence-corrected chi connectivity index (χ2v) is 8.17. The Balaban J connectivity index is 1.69. The van der Waals surface area contributed by atoms with Gasteiger partial charge in [0.1, 0.15) is 6.10 Å². The molecule has 1 N–H and O–H groups in total. The summed E-state index contributed by atoms with van der Waals surface area (Å²) in [6, 6.07) is 24.5. The van der Waals surface area contributed by atoms with Gasteiger partial charge in [-0.25, -0.2) is 14.4 Å². The van der Waals surface area contributed by atoms with Gasteiger partial charge in [0.15, 0.2) is 24.6 Å². The molecule has 0 saturated carbocycles. The summed E-state index contributed by atoms with van der Waals surface area (Å²) in [6.45, 7) is -0.592. The van der Waals surface area contributed by atoms with Crippen LogP contribution in [0.25, 0.3) is 0 Å². The third kappa shape index (κ3) is 6.21. The molecule has 5 atom stereocenters. The maximum absolute atomic E-state index is 13.1. The molecule has 1 aliphatic rings. The highest BCUT2D eigenvalue weighted by molar-refractivity contribution is 5.91. The molecule has 37 heavy (non-hydrogen) atoms. The van der Waals surface area contributed by atoms with Crippen molar-refractivity contribution in [1.82, 2.24) is 0 Å². The number of rotatable bonds is 8. The topological polar surface area (TPSA) is 118 Å². The van der Waals surface area contributed by atoms with Crippen molar-refractivity contribution in [2.24, 2.45) is 0 Å². The van der Waals surface area contributed by atoms with Gasteiger partial charge in [-0.05, 0) is 36.4 Å². The Morgan fingerprint density at radius 2 is 1.03 bits per heavy atom. The lowest BCUT2D eigenvalue weighted by Gasteiger charge is -2.43. The minimum Gasteiger partial charge on any atom is -0.452 e. The quantitative estimate of drug-likeness (QED) is 0.363. The zero-order chi connectivity index (χ0) is 26.2. The monoisotopic (exact) mass is 506 g/mol. The fourth-order valence-electron chi connectivity index (χ4n) is 3.91. The van der Waals surface area contributed by atoms with Crippen molar-refractivity contribution in [1.29, 1.82) is 0 Å². The maximum atomic E-state index is 13.1. The molecule has 192 valence electrons. The molecule has 1 heterocycles. The van der Waals surface area contributed by atoms with Gasteiger partial charge in [0.25, 0.3) is 0 Å². The van der Waals surface area contributed by atoms with E-state index in [-0.39, 0.29) is 16.7 Å². The first-order valence-electron chi connectivity index (χ1n) is 11.6. The average Bonchev–Trinajstić information content (AvgIpc) is 2.95. The van der Waals surface area contributed by atoms with Crippen molar-refractivity contribution in [2.45, 2.75) is 30.7 Å². The van der Waals surface area contributed by atoms with Gasteiger partial charge >= 0.3 is 17.9 Å². The molecule has 3 aromatic carbocycles. The Bertz CT molecular complexity index is 1120. The van der Waals surface area contributed by atoms with Crippen LogP contribution in [0.3, 0.4) is 0 Å². The van der Waals surface area contributed by atoms with Crippen LogP contribution in [0.5, 0.6) is 0 Å². The van der Waals surface area contributed by atoms with Crippen LogP contribution in [0.1, 0.15) is 31.1 Å². The van der Waals surface area contributed by atoms with Gasteiger partial charge < -0.3 is 28.8 Å². The van der Waals surface area contributed by atoms with E-state index in [1.165, 1.54) is 7.11 Å². The SMILES string of the molecule is CO[C@@H]1OC(CO)[C@H](OC(=O)c2ccccc2)C(OC(=O)c2ccccc2)C1OC(=O)c1ccccc1. The molecule has 3 aromatic rings. The van der Waals surface area contributed by atoms with Crippen molar-refractivity contribution in [3.8, 4) is 0 Å². The van der Waals surface area contributed by atoms with Crippen molar-refractivity contribution < 1.29 is 43.2 Å². The molecule has 0 spiro atoms. The third-order valence-electron chi connectivity index (χ3n) is 5.76. The van der Waals surface area contributed by atoms with E-state index in [9.17, 15) is 19.5 Å². The summed E-state index contributed by atoms with van der Waals surface area (Å²) in [5.74, 6) is -2.22. The summed E-state index contributed by atoms with van der Waals surface area (Å²) < 4.78 is 28.3. The van der Waals surface area contributed by atoms with Crippen molar-refractivity contribution in [2.75, 3.05) is 13.7 Å². The Hall–Kier alpha value is -4.05. The highest BCUT2D eigenvalue weighted by atomic mass is 16.7. The van der Waals surface area contributed by atoms with E-state index < -0.39 is 55.2 Å². The Morgan fingerprint density at radius 3 is 1.41 bits per heavy atom. The van der Waals surface area contributed by atoms with Gasteiger partial charge in [0.05, 0.1) is 23.3 Å². The number of benzene rings is 3. The summed E-state index contributed by atoms with van der Waals surface area (Å²) >= 11 is 0. The zero-order valence-electron chi connectivity index (χ0n) is 20.0. The van der Waals surface area contributed by atoms with E-state index in [2.05, 4.69) is 0 Å². The fraction of sp³-hybridized carbons (Fsp3) is 0.250. The van der Waals surface area contributed by atoms with Crippen LogP contribution in [0.2, 0.25) is 0 Å². The zero-order valence-corrected chi connectivity index (χ0v) is 20.0. The molecule has 0 bridgehead atoms. The number of esters is 3. The van der Waals surface area contributed by atoms with Crippen LogP contribution in [-0.2, 0) is 23.7 Å². The van der Waals surface area contributed by atoms with Crippen molar-refractivity contribution >= 4 is 17.9 Å². The second-order valence-electron chi connectivity index (χ2n) is 8.17. The molecular weight excluding hydrogens is 480 g/mol. The number of hydrogen-bond donors (Lipinski definition) is 1. The fourth-order valence-corrected chi connectivity index (χ4v) is 3.91. The van der Waals surface area contributed by atoms with Gasteiger partial charge in [-0.1, -0.05) is 54.6 Å². The lowest BCUT2D eigenvalue weighted by atomic mass is 9.97. The van der Waals surface area contributed by atoms with Crippen LogP contribution in [0, 0.1) is 0 Å². The van der Waals surface area contributed by atoms with Gasteiger partial charge in [0, 0.05) is 7.11 Å². The summed E-state index contributed by atoms with van der Waals surface area (Å²) in [5, 5.41) is 10.1. The van der Waals surface area contributed by atoms with Crippen molar-refractivity contribution in [3.05, 3.63) is 108 Å². The Labute approximate surface area is 213 Å².